The first-order valence-corrected chi connectivity index (χ1v) is 20.3. The number of rotatable bonds is 4. The lowest BCUT2D eigenvalue weighted by atomic mass is 9.79. The first-order chi connectivity index (χ1) is 20.4. The Labute approximate surface area is 271 Å². The molecule has 0 aromatic rings. The molecule has 1 nitrogen and oxygen atoms in total. The van der Waals surface area contributed by atoms with Crippen molar-refractivity contribution in [2.45, 2.75) is 255 Å². The molecule has 42 heavy (non-hydrogen) atoms. The molecule has 4 rings (SSSR count). The second kappa shape index (κ2) is 22.7. The summed E-state index contributed by atoms with van der Waals surface area (Å²) in [6.45, 7) is 0. The number of hydrogen-bond donors (Lipinski definition) is 0. The van der Waals surface area contributed by atoms with Gasteiger partial charge in [0, 0.05) is 0 Å². The highest BCUT2D eigenvalue weighted by Crippen LogP contribution is 2.45. The fraction of sp³-hybridized carbons (Fsp3) is 1.00. The van der Waals surface area contributed by atoms with Crippen LogP contribution in [-0.4, -0.2) is 28.7 Å². The van der Waals surface area contributed by atoms with Crippen LogP contribution in [0.5, 0.6) is 0 Å². The third-order valence-corrected chi connectivity index (χ3v) is 12.8. The van der Waals surface area contributed by atoms with Crippen molar-refractivity contribution in [1.82, 2.24) is 0 Å². The molecule has 0 atom stereocenters. The van der Waals surface area contributed by atoms with E-state index in [4.69, 9.17) is 0 Å². The fourth-order valence-electron chi connectivity index (χ4n) is 10.7. The van der Waals surface area contributed by atoms with Crippen molar-refractivity contribution >= 4 is 0 Å². The van der Waals surface area contributed by atoms with Gasteiger partial charge in [-0.15, -0.1) is 0 Å². The summed E-state index contributed by atoms with van der Waals surface area (Å²) < 4.78 is 1.67. The smallest absolute Gasteiger partial charge is 0.0896 e. The summed E-state index contributed by atoms with van der Waals surface area (Å²) in [5, 5.41) is 0. The van der Waals surface area contributed by atoms with Gasteiger partial charge in [0.25, 0.3) is 0 Å². The summed E-state index contributed by atoms with van der Waals surface area (Å²) in [6, 6.07) is 3.90. The van der Waals surface area contributed by atoms with Crippen molar-refractivity contribution in [3.8, 4) is 0 Å². The van der Waals surface area contributed by atoms with Crippen molar-refractivity contribution in [1.29, 1.82) is 0 Å². The maximum Gasteiger partial charge on any atom is 0.0896 e. The highest BCUT2D eigenvalue weighted by atomic mass is 35.5. The van der Waals surface area contributed by atoms with Gasteiger partial charge in [-0.3, -0.25) is 0 Å². The van der Waals surface area contributed by atoms with Crippen LogP contribution in [-0.2, 0) is 0 Å². The van der Waals surface area contributed by atoms with Gasteiger partial charge in [-0.1, -0.05) is 128 Å². The van der Waals surface area contributed by atoms with E-state index in [1.807, 2.05) is 0 Å². The predicted octanol–water partition coefficient (Wildman–Crippen LogP) is 10.4. The predicted molar refractivity (Wildman–Crippen MR) is 182 cm³/mol. The molecule has 0 aliphatic heterocycles. The minimum Gasteiger partial charge on any atom is -1.00 e. The molecule has 4 saturated carbocycles. The van der Waals surface area contributed by atoms with E-state index >= 15 is 0 Å². The fourth-order valence-corrected chi connectivity index (χ4v) is 10.7. The molecule has 0 aromatic carbocycles. The van der Waals surface area contributed by atoms with Gasteiger partial charge in [0.15, 0.2) is 0 Å². The normalized spacial score (nSPS) is 26.9. The molecule has 0 unspecified atom stereocenters. The molecule has 0 saturated heterocycles. The average molecular weight is 607 g/mol. The standard InChI is InChI=1S/C40H76N.ClH/c1-5-13-21-29-37(30-22-14-6-1)41(38-31-23-15-7-2-8-16-24-32-38,39-33-25-17-9-3-10-18-26-34-39)40-35-27-19-11-4-12-20-28-36-40;/h37-40H,1-36H2;1H/q+1;/p-1. The van der Waals surface area contributed by atoms with Gasteiger partial charge < -0.3 is 16.9 Å². The molecule has 4 aliphatic carbocycles. The largest absolute Gasteiger partial charge is 1.00 e. The van der Waals surface area contributed by atoms with Crippen LogP contribution >= 0.6 is 0 Å². The molecule has 4 fully saturated rings. The lowest BCUT2D eigenvalue weighted by molar-refractivity contribution is -1.02. The van der Waals surface area contributed by atoms with Crippen LogP contribution in [0.1, 0.15) is 231 Å². The van der Waals surface area contributed by atoms with Crippen molar-refractivity contribution in [3.63, 3.8) is 0 Å². The zero-order valence-electron chi connectivity index (χ0n) is 28.6. The molecular weight excluding hydrogens is 530 g/mol. The Hall–Kier alpha value is 0.250. The summed E-state index contributed by atoms with van der Waals surface area (Å²) in [5.74, 6) is 0. The maximum absolute atomic E-state index is 1.67. The molecule has 0 aromatic heterocycles. The highest BCUT2D eigenvalue weighted by molar-refractivity contribution is 4.82. The van der Waals surface area contributed by atoms with E-state index in [9.17, 15) is 0 Å². The van der Waals surface area contributed by atoms with Gasteiger partial charge in [0.1, 0.15) is 0 Å². The van der Waals surface area contributed by atoms with Crippen LogP contribution in [0.15, 0.2) is 0 Å². The summed E-state index contributed by atoms with van der Waals surface area (Å²) in [6.07, 6.45) is 55.3. The Bertz CT molecular complexity index is 484. The van der Waals surface area contributed by atoms with E-state index < -0.39 is 0 Å². The Morgan fingerprint density at radius 3 is 0.452 bits per heavy atom. The molecule has 0 amide bonds. The van der Waals surface area contributed by atoms with Crippen molar-refractivity contribution in [3.05, 3.63) is 0 Å². The molecule has 2 heteroatoms. The Morgan fingerprint density at radius 1 is 0.190 bits per heavy atom. The summed E-state index contributed by atoms with van der Waals surface area (Å²) >= 11 is 0. The third-order valence-electron chi connectivity index (χ3n) is 12.8. The first kappa shape index (κ1) is 36.7. The zero-order chi connectivity index (χ0) is 28.3. The van der Waals surface area contributed by atoms with E-state index in [-0.39, 0.29) is 12.4 Å². The van der Waals surface area contributed by atoms with Crippen molar-refractivity contribution in [2.75, 3.05) is 0 Å². The SMILES string of the molecule is C1CCCCC([N+](C2CCCCCCCCC2)(C2CCCCCCCCC2)C2CCCCCCCCC2)CCCC1.[Cl-]. The van der Waals surface area contributed by atoms with E-state index in [0.717, 1.165) is 24.2 Å². The lowest BCUT2D eigenvalue weighted by Crippen LogP contribution is -3.00. The van der Waals surface area contributed by atoms with Gasteiger partial charge in [0.2, 0.25) is 0 Å². The first-order valence-electron chi connectivity index (χ1n) is 20.3. The quantitative estimate of drug-likeness (QED) is 0.280. The monoisotopic (exact) mass is 606 g/mol. The topological polar surface area (TPSA) is 0 Å². The summed E-state index contributed by atoms with van der Waals surface area (Å²) in [5.41, 5.74) is 0. The molecule has 0 radical (unpaired) electrons. The minimum absolute atomic E-state index is 0. The molecular formula is C40H76ClN. The number of hydrogen-bond acceptors (Lipinski definition) is 0. The highest BCUT2D eigenvalue weighted by Gasteiger charge is 2.52. The maximum atomic E-state index is 1.67. The Balaban J connectivity index is 0.00000484. The van der Waals surface area contributed by atoms with Crippen LogP contribution in [0.3, 0.4) is 0 Å². The Morgan fingerprint density at radius 2 is 0.310 bits per heavy atom. The molecule has 4 aliphatic rings. The van der Waals surface area contributed by atoms with E-state index in [1.165, 1.54) is 180 Å². The van der Waals surface area contributed by atoms with E-state index in [2.05, 4.69) is 0 Å². The van der Waals surface area contributed by atoms with Crippen molar-refractivity contribution in [2.24, 2.45) is 0 Å². The molecule has 0 heterocycles. The molecule has 0 N–H and O–H groups in total. The van der Waals surface area contributed by atoms with Gasteiger partial charge in [-0.25, -0.2) is 0 Å². The van der Waals surface area contributed by atoms with Crippen LogP contribution in [0, 0.1) is 0 Å². The average Bonchev–Trinajstić information content (AvgIpc) is 3.01. The van der Waals surface area contributed by atoms with Gasteiger partial charge in [0.05, 0.1) is 24.2 Å². The lowest BCUT2D eigenvalue weighted by Gasteiger charge is -2.60. The molecule has 248 valence electrons. The second-order valence-corrected chi connectivity index (χ2v) is 15.7. The third kappa shape index (κ3) is 11.9. The summed E-state index contributed by atoms with van der Waals surface area (Å²) in [4.78, 5) is 0. The summed E-state index contributed by atoms with van der Waals surface area (Å²) in [7, 11) is 0. The second-order valence-electron chi connectivity index (χ2n) is 15.7. The molecule has 0 spiro atoms. The number of halogens is 1. The number of quaternary nitrogens is 1. The zero-order valence-corrected chi connectivity index (χ0v) is 29.3. The van der Waals surface area contributed by atoms with Crippen molar-refractivity contribution < 1.29 is 16.9 Å². The van der Waals surface area contributed by atoms with E-state index in [1.54, 1.807) is 55.8 Å². The van der Waals surface area contributed by atoms with Crippen LogP contribution in [0.2, 0.25) is 0 Å². The van der Waals surface area contributed by atoms with Gasteiger partial charge >= 0.3 is 0 Å². The minimum atomic E-state index is 0. The van der Waals surface area contributed by atoms with E-state index in [0.29, 0.717) is 0 Å². The molecule has 0 bridgehead atoms. The number of nitrogens with zero attached hydrogens (tertiary/aromatic N) is 1. The van der Waals surface area contributed by atoms with Crippen LogP contribution in [0.25, 0.3) is 0 Å². The van der Waals surface area contributed by atoms with Crippen LogP contribution in [0.4, 0.5) is 0 Å². The van der Waals surface area contributed by atoms with Gasteiger partial charge in [-0.05, 0) is 103 Å². The van der Waals surface area contributed by atoms with Gasteiger partial charge in [-0.2, -0.15) is 0 Å². The Kier molecular flexibility index (Phi) is 19.8. The van der Waals surface area contributed by atoms with Crippen LogP contribution < -0.4 is 12.4 Å².